The Kier molecular flexibility index (Phi) is 4.06. The Labute approximate surface area is 137 Å². The van der Waals surface area contributed by atoms with Gasteiger partial charge in [0.25, 0.3) is 0 Å². The highest BCUT2D eigenvalue weighted by Crippen LogP contribution is 2.34. The summed E-state index contributed by atoms with van der Waals surface area (Å²) >= 11 is 0. The third-order valence-electron chi connectivity index (χ3n) is 3.50. The lowest BCUT2D eigenvalue weighted by molar-refractivity contribution is 0.174. The molecule has 0 unspecified atom stereocenters. The molecule has 0 amide bonds. The Morgan fingerprint density at radius 2 is 2.17 bits per heavy atom. The van der Waals surface area contributed by atoms with Crippen LogP contribution < -0.4 is 15.2 Å². The zero-order chi connectivity index (χ0) is 17.1. The van der Waals surface area contributed by atoms with Gasteiger partial charge in [0.15, 0.2) is 11.5 Å². The number of hydrogen-bond acceptors (Lipinski definition) is 7. The van der Waals surface area contributed by atoms with Crippen molar-refractivity contribution in [2.24, 2.45) is 0 Å². The number of allylic oxidation sites excluding steroid dienone is 1. The van der Waals surface area contributed by atoms with E-state index < -0.39 is 0 Å². The van der Waals surface area contributed by atoms with E-state index in [4.69, 9.17) is 20.3 Å². The molecule has 120 valence electrons. The number of fused-ring (bicyclic) bond motifs is 1. The van der Waals surface area contributed by atoms with Crippen molar-refractivity contribution in [3.05, 3.63) is 35.0 Å². The number of nitrogen functional groups attached to an aromatic ring is 1. The number of anilines is 1. The first kappa shape index (κ1) is 15.4. The lowest BCUT2D eigenvalue weighted by Crippen LogP contribution is -2.07. The molecule has 1 aromatic heterocycles. The number of nitrogens with two attached hydrogens (primary N) is 1. The van der Waals surface area contributed by atoms with E-state index in [2.05, 4.69) is 5.10 Å². The fourth-order valence-electron chi connectivity index (χ4n) is 2.36. The first-order chi connectivity index (χ1) is 11.7. The first-order valence-electron chi connectivity index (χ1n) is 7.07. The number of nitriles is 2. The molecule has 3 N–H and O–H groups in total. The van der Waals surface area contributed by atoms with Crippen LogP contribution in [0, 0.1) is 22.7 Å². The summed E-state index contributed by atoms with van der Waals surface area (Å²) in [6, 6.07) is 9.24. The lowest BCUT2D eigenvalue weighted by Gasteiger charge is -2.00. The molecule has 0 bridgehead atoms. The molecule has 8 heteroatoms. The standard InChI is InChI=1S/C16H13N5O3/c17-7-11(5-10-1-2-13-14(6-10)24-9-23-13)15-12(8-18)16(19)21(20-15)3-4-22/h1-2,5-6,22H,3-4,9,19H2/b11-5+. The van der Waals surface area contributed by atoms with Gasteiger partial charge in [0.1, 0.15) is 29.2 Å². The molecule has 0 aliphatic carbocycles. The van der Waals surface area contributed by atoms with Crippen LogP contribution in [0.5, 0.6) is 11.5 Å². The van der Waals surface area contributed by atoms with E-state index in [1.165, 1.54) is 4.68 Å². The third-order valence-corrected chi connectivity index (χ3v) is 3.50. The molecule has 0 radical (unpaired) electrons. The largest absolute Gasteiger partial charge is 0.454 e. The van der Waals surface area contributed by atoms with Crippen LogP contribution in [0.4, 0.5) is 5.82 Å². The molecule has 24 heavy (non-hydrogen) atoms. The van der Waals surface area contributed by atoms with Gasteiger partial charge in [-0.15, -0.1) is 0 Å². The molecule has 1 aromatic carbocycles. The molecule has 8 nitrogen and oxygen atoms in total. The summed E-state index contributed by atoms with van der Waals surface area (Å²) in [5.74, 6) is 1.35. The number of aliphatic hydroxyl groups excluding tert-OH is 1. The average molecular weight is 323 g/mol. The Morgan fingerprint density at radius 1 is 1.38 bits per heavy atom. The second kappa shape index (κ2) is 6.32. The van der Waals surface area contributed by atoms with Crippen LogP contribution in [-0.2, 0) is 6.54 Å². The van der Waals surface area contributed by atoms with E-state index >= 15 is 0 Å². The minimum Gasteiger partial charge on any atom is -0.454 e. The summed E-state index contributed by atoms with van der Waals surface area (Å²) in [7, 11) is 0. The maximum Gasteiger partial charge on any atom is 0.231 e. The van der Waals surface area contributed by atoms with Crippen molar-refractivity contribution in [1.29, 1.82) is 10.5 Å². The zero-order valence-corrected chi connectivity index (χ0v) is 12.6. The number of nitrogens with zero attached hydrogens (tertiary/aromatic N) is 4. The highest BCUT2D eigenvalue weighted by Gasteiger charge is 2.19. The number of ether oxygens (including phenoxy) is 2. The van der Waals surface area contributed by atoms with Crippen LogP contribution in [0.25, 0.3) is 11.6 Å². The molecule has 1 aliphatic rings. The third kappa shape index (κ3) is 2.62. The summed E-state index contributed by atoms with van der Waals surface area (Å²) in [4.78, 5) is 0. The van der Waals surface area contributed by atoms with E-state index in [1.807, 2.05) is 12.1 Å². The Hall–Kier alpha value is -3.49. The molecule has 0 saturated carbocycles. The van der Waals surface area contributed by atoms with Gasteiger partial charge in [-0.1, -0.05) is 6.07 Å². The van der Waals surface area contributed by atoms with Crippen LogP contribution in [-0.4, -0.2) is 28.3 Å². The van der Waals surface area contributed by atoms with Gasteiger partial charge in [-0.3, -0.25) is 0 Å². The van der Waals surface area contributed by atoms with Crippen molar-refractivity contribution in [2.45, 2.75) is 6.54 Å². The predicted octanol–water partition coefficient (Wildman–Crippen LogP) is 1.12. The van der Waals surface area contributed by atoms with Gasteiger partial charge in [0.2, 0.25) is 6.79 Å². The second-order valence-corrected chi connectivity index (χ2v) is 4.95. The van der Waals surface area contributed by atoms with E-state index in [1.54, 1.807) is 24.3 Å². The number of benzene rings is 1. The van der Waals surface area contributed by atoms with Crippen molar-refractivity contribution < 1.29 is 14.6 Å². The smallest absolute Gasteiger partial charge is 0.231 e. The Morgan fingerprint density at radius 3 is 2.88 bits per heavy atom. The summed E-state index contributed by atoms with van der Waals surface area (Å²) < 4.78 is 11.9. The van der Waals surface area contributed by atoms with Gasteiger partial charge < -0.3 is 20.3 Å². The van der Waals surface area contributed by atoms with E-state index in [9.17, 15) is 10.5 Å². The molecule has 0 saturated heterocycles. The van der Waals surface area contributed by atoms with E-state index in [0.29, 0.717) is 17.1 Å². The van der Waals surface area contributed by atoms with Gasteiger partial charge >= 0.3 is 0 Å². The molecule has 0 spiro atoms. The fourth-order valence-corrected chi connectivity index (χ4v) is 2.36. The summed E-state index contributed by atoms with van der Waals surface area (Å²) in [5.41, 5.74) is 7.04. The van der Waals surface area contributed by atoms with Gasteiger partial charge in [-0.25, -0.2) is 4.68 Å². The molecular formula is C16H13N5O3. The lowest BCUT2D eigenvalue weighted by atomic mass is 10.1. The monoisotopic (exact) mass is 323 g/mol. The molecule has 0 atom stereocenters. The molecule has 2 heterocycles. The van der Waals surface area contributed by atoms with E-state index in [0.717, 1.165) is 0 Å². The fraction of sp³-hybridized carbons (Fsp3) is 0.188. The van der Waals surface area contributed by atoms with Crippen LogP contribution in [0.15, 0.2) is 18.2 Å². The summed E-state index contributed by atoms with van der Waals surface area (Å²) in [5, 5.41) is 32.0. The predicted molar refractivity (Wildman–Crippen MR) is 84.5 cm³/mol. The maximum atomic E-state index is 9.46. The first-order valence-corrected chi connectivity index (χ1v) is 7.07. The van der Waals surface area contributed by atoms with E-state index in [-0.39, 0.29) is 42.6 Å². The second-order valence-electron chi connectivity index (χ2n) is 4.95. The van der Waals surface area contributed by atoms with Crippen molar-refractivity contribution in [1.82, 2.24) is 9.78 Å². The SMILES string of the molecule is N#C/C(=C\c1ccc2c(c1)OCO2)c1nn(CCO)c(N)c1C#N. The number of aromatic nitrogens is 2. The molecule has 0 fully saturated rings. The summed E-state index contributed by atoms with van der Waals surface area (Å²) in [6.45, 7) is 0.126. The number of aliphatic hydroxyl groups is 1. The topological polar surface area (TPSA) is 130 Å². The Bertz CT molecular complexity index is 902. The normalized spacial score (nSPS) is 12.7. The van der Waals surface area contributed by atoms with Crippen LogP contribution in [0.3, 0.4) is 0 Å². The van der Waals surface area contributed by atoms with Gasteiger partial charge in [-0.05, 0) is 23.8 Å². The quantitative estimate of drug-likeness (QED) is 0.806. The minimum absolute atomic E-state index is 0.108. The van der Waals surface area contributed by atoms with Crippen LogP contribution in [0.2, 0.25) is 0 Å². The molecule has 3 rings (SSSR count). The minimum atomic E-state index is -0.177. The van der Waals surface area contributed by atoms with Crippen LogP contribution >= 0.6 is 0 Å². The van der Waals surface area contributed by atoms with Crippen LogP contribution in [0.1, 0.15) is 16.8 Å². The molecule has 2 aromatic rings. The van der Waals surface area contributed by atoms with Gasteiger partial charge in [0.05, 0.1) is 18.7 Å². The van der Waals surface area contributed by atoms with Crippen molar-refractivity contribution >= 4 is 17.5 Å². The number of hydrogen-bond donors (Lipinski definition) is 2. The van der Waals surface area contributed by atoms with Crippen molar-refractivity contribution in [3.8, 4) is 23.6 Å². The van der Waals surface area contributed by atoms with Gasteiger partial charge in [0, 0.05) is 0 Å². The Balaban J connectivity index is 2.05. The van der Waals surface area contributed by atoms with Crippen molar-refractivity contribution in [3.63, 3.8) is 0 Å². The highest BCUT2D eigenvalue weighted by molar-refractivity contribution is 5.91. The number of rotatable bonds is 4. The maximum absolute atomic E-state index is 9.46. The average Bonchev–Trinajstić information content (AvgIpc) is 3.17. The summed E-state index contributed by atoms with van der Waals surface area (Å²) in [6.07, 6.45) is 1.59. The highest BCUT2D eigenvalue weighted by atomic mass is 16.7. The van der Waals surface area contributed by atoms with Gasteiger partial charge in [-0.2, -0.15) is 15.6 Å². The molecular weight excluding hydrogens is 310 g/mol. The zero-order valence-electron chi connectivity index (χ0n) is 12.6. The van der Waals surface area contributed by atoms with Crippen molar-refractivity contribution in [2.75, 3.05) is 19.1 Å². The molecule has 1 aliphatic heterocycles.